The van der Waals surface area contributed by atoms with Crippen LogP contribution in [0.5, 0.6) is 0 Å². The molecule has 0 aliphatic rings. The lowest BCUT2D eigenvalue weighted by Gasteiger charge is -2.16. The van der Waals surface area contributed by atoms with E-state index in [1.165, 1.54) is 6.07 Å². The van der Waals surface area contributed by atoms with Gasteiger partial charge in [0.2, 0.25) is 0 Å². The largest absolute Gasteiger partial charge is 0.385 e. The third-order valence-electron chi connectivity index (χ3n) is 4.53. The zero-order valence-electron chi connectivity index (χ0n) is 15.8. The summed E-state index contributed by atoms with van der Waals surface area (Å²) in [4.78, 5) is 25.0. The minimum absolute atomic E-state index is 0.110. The van der Waals surface area contributed by atoms with Crippen LogP contribution in [0.25, 0.3) is 0 Å². The number of rotatable bonds is 6. The van der Waals surface area contributed by atoms with Gasteiger partial charge in [-0.3, -0.25) is 9.59 Å². The van der Waals surface area contributed by atoms with Crippen molar-refractivity contribution >= 4 is 29.0 Å². The van der Waals surface area contributed by atoms with E-state index in [-0.39, 0.29) is 17.9 Å². The Morgan fingerprint density at radius 3 is 2.54 bits per heavy atom. The van der Waals surface area contributed by atoms with E-state index in [9.17, 15) is 9.59 Å². The summed E-state index contributed by atoms with van der Waals surface area (Å²) in [6, 6.07) is 4.97. The lowest BCUT2D eigenvalue weighted by atomic mass is 10.1. The first-order valence-corrected chi connectivity index (χ1v) is 8.87. The molecule has 1 heterocycles. The predicted octanol–water partition coefficient (Wildman–Crippen LogP) is 3.06. The Bertz CT molecular complexity index is 890. The molecule has 7 heteroatoms. The molecule has 0 aliphatic carbocycles. The lowest BCUT2D eigenvalue weighted by molar-refractivity contribution is 0.0950. The maximum atomic E-state index is 12.7. The summed E-state index contributed by atoms with van der Waals surface area (Å²) in [6.45, 7) is 6.60. The highest BCUT2D eigenvalue weighted by Gasteiger charge is 2.15. The summed E-state index contributed by atoms with van der Waals surface area (Å²) < 4.78 is 1.89. The van der Waals surface area contributed by atoms with Crippen molar-refractivity contribution in [3.05, 3.63) is 55.8 Å². The number of nitrogens with one attached hydrogen (secondary N) is 3. The van der Waals surface area contributed by atoms with Gasteiger partial charge in [0.05, 0.1) is 0 Å². The number of pyridine rings is 1. The van der Waals surface area contributed by atoms with Crippen LogP contribution in [0.3, 0.4) is 0 Å². The fourth-order valence-electron chi connectivity index (χ4n) is 2.88. The Morgan fingerprint density at radius 2 is 1.92 bits per heavy atom. The van der Waals surface area contributed by atoms with Crippen molar-refractivity contribution in [3.8, 4) is 0 Å². The Morgan fingerprint density at radius 1 is 1.23 bits per heavy atom. The average molecular weight is 377 g/mol. The highest BCUT2D eigenvalue weighted by atomic mass is 35.5. The fraction of sp³-hybridized carbons (Fsp3) is 0.368. The van der Waals surface area contributed by atoms with Crippen molar-refractivity contribution in [2.75, 3.05) is 24.2 Å². The summed E-state index contributed by atoms with van der Waals surface area (Å²) >= 11 is 6.14. The first kappa shape index (κ1) is 19.8. The molecule has 0 fully saturated rings. The number of anilines is 2. The van der Waals surface area contributed by atoms with E-state index in [4.69, 9.17) is 11.6 Å². The van der Waals surface area contributed by atoms with Gasteiger partial charge in [0.1, 0.15) is 5.82 Å². The van der Waals surface area contributed by atoms with Gasteiger partial charge in [0.15, 0.2) is 5.43 Å². The van der Waals surface area contributed by atoms with Crippen molar-refractivity contribution in [1.29, 1.82) is 0 Å². The van der Waals surface area contributed by atoms with Crippen LogP contribution in [0, 0.1) is 13.8 Å². The zero-order valence-corrected chi connectivity index (χ0v) is 16.5. The van der Waals surface area contributed by atoms with E-state index < -0.39 is 0 Å². The molecule has 0 radical (unpaired) electrons. The van der Waals surface area contributed by atoms with Crippen LogP contribution in [0.1, 0.15) is 34.1 Å². The Balaban J connectivity index is 2.28. The molecule has 0 atom stereocenters. The molecule has 0 saturated carbocycles. The van der Waals surface area contributed by atoms with Crippen LogP contribution >= 0.6 is 11.6 Å². The van der Waals surface area contributed by atoms with Gasteiger partial charge < -0.3 is 20.5 Å². The molecule has 1 aromatic heterocycles. The molecule has 1 amide bonds. The SMILES string of the molecule is CCNc1cc(Cl)cc(C(=O)NCc2c(C)n(C)c(NC)cc2=O)c1C. The van der Waals surface area contributed by atoms with Crippen molar-refractivity contribution in [3.63, 3.8) is 0 Å². The van der Waals surface area contributed by atoms with Gasteiger partial charge in [0, 0.05) is 60.8 Å². The topological polar surface area (TPSA) is 75.2 Å². The molecule has 0 aliphatic heterocycles. The molecule has 140 valence electrons. The highest BCUT2D eigenvalue weighted by molar-refractivity contribution is 6.31. The van der Waals surface area contributed by atoms with Crippen LogP contribution in [0.2, 0.25) is 5.02 Å². The molecule has 3 N–H and O–H groups in total. The number of benzene rings is 1. The lowest BCUT2D eigenvalue weighted by Crippen LogP contribution is -2.29. The van der Waals surface area contributed by atoms with Crippen molar-refractivity contribution in [1.82, 2.24) is 9.88 Å². The normalized spacial score (nSPS) is 10.5. The third kappa shape index (κ3) is 4.02. The molecular formula is C19H25ClN4O2. The summed E-state index contributed by atoms with van der Waals surface area (Å²) in [7, 11) is 3.63. The number of amides is 1. The fourth-order valence-corrected chi connectivity index (χ4v) is 3.10. The van der Waals surface area contributed by atoms with Gasteiger partial charge in [-0.15, -0.1) is 0 Å². The Kier molecular flexibility index (Phi) is 6.32. The van der Waals surface area contributed by atoms with Gasteiger partial charge in [-0.05, 0) is 38.5 Å². The summed E-state index contributed by atoms with van der Waals surface area (Å²) in [6.07, 6.45) is 0. The molecule has 0 saturated heterocycles. The Labute approximate surface area is 158 Å². The number of carbonyl (C=O) groups is 1. The van der Waals surface area contributed by atoms with E-state index in [1.54, 1.807) is 19.2 Å². The van der Waals surface area contributed by atoms with Crippen LogP contribution in [0.4, 0.5) is 11.5 Å². The predicted molar refractivity (Wildman–Crippen MR) is 107 cm³/mol. The number of halogens is 1. The van der Waals surface area contributed by atoms with Crippen molar-refractivity contribution in [2.45, 2.75) is 27.3 Å². The van der Waals surface area contributed by atoms with Gasteiger partial charge in [-0.25, -0.2) is 0 Å². The van der Waals surface area contributed by atoms with E-state index >= 15 is 0 Å². The summed E-state index contributed by atoms with van der Waals surface area (Å²) in [5.74, 6) is 0.465. The van der Waals surface area contributed by atoms with Crippen LogP contribution < -0.4 is 21.4 Å². The number of carbonyl (C=O) groups excluding carboxylic acids is 1. The summed E-state index contributed by atoms with van der Waals surface area (Å²) in [5.41, 5.74) is 3.40. The molecule has 0 unspecified atom stereocenters. The van der Waals surface area contributed by atoms with Gasteiger partial charge >= 0.3 is 0 Å². The Hall–Kier alpha value is -2.47. The molecule has 26 heavy (non-hydrogen) atoms. The van der Waals surface area contributed by atoms with Crippen molar-refractivity contribution < 1.29 is 4.79 Å². The average Bonchev–Trinajstić information content (AvgIpc) is 2.60. The maximum Gasteiger partial charge on any atom is 0.251 e. The third-order valence-corrected chi connectivity index (χ3v) is 4.75. The number of hydrogen-bond acceptors (Lipinski definition) is 4. The smallest absolute Gasteiger partial charge is 0.251 e. The molecule has 2 aromatic rings. The first-order valence-electron chi connectivity index (χ1n) is 8.49. The van der Waals surface area contributed by atoms with Gasteiger partial charge in [-0.1, -0.05) is 11.6 Å². The second kappa shape index (κ2) is 8.27. The minimum Gasteiger partial charge on any atom is -0.385 e. The monoisotopic (exact) mass is 376 g/mol. The van der Waals surface area contributed by atoms with Crippen LogP contribution in [0.15, 0.2) is 23.0 Å². The van der Waals surface area contributed by atoms with Crippen molar-refractivity contribution in [2.24, 2.45) is 7.05 Å². The quantitative estimate of drug-likeness (QED) is 0.724. The molecule has 0 bridgehead atoms. The van der Waals surface area contributed by atoms with E-state index in [1.807, 2.05) is 32.4 Å². The minimum atomic E-state index is -0.261. The maximum absolute atomic E-state index is 12.7. The molecule has 1 aromatic carbocycles. The molecule has 2 rings (SSSR count). The van der Waals surface area contributed by atoms with Gasteiger partial charge in [0.25, 0.3) is 5.91 Å². The number of hydrogen-bond donors (Lipinski definition) is 3. The van der Waals surface area contributed by atoms with Gasteiger partial charge in [-0.2, -0.15) is 0 Å². The standard InChI is InChI=1S/C19H25ClN4O2/c1-6-22-16-8-13(20)7-14(11(16)2)19(26)23-10-15-12(3)24(5)18(21-4)9-17(15)25/h7-9,21-22H,6,10H2,1-5H3,(H,23,26). The molecule has 6 nitrogen and oxygen atoms in total. The number of aromatic nitrogens is 1. The first-order chi connectivity index (χ1) is 12.3. The second-order valence-electron chi connectivity index (χ2n) is 6.11. The summed E-state index contributed by atoms with van der Waals surface area (Å²) in [5, 5.41) is 9.51. The van der Waals surface area contributed by atoms with E-state index in [0.717, 1.165) is 29.3 Å². The second-order valence-corrected chi connectivity index (χ2v) is 6.54. The molecule has 0 spiro atoms. The van der Waals surface area contributed by atoms with Crippen LogP contribution in [-0.4, -0.2) is 24.1 Å². The van der Waals surface area contributed by atoms with E-state index in [0.29, 0.717) is 16.1 Å². The zero-order chi connectivity index (χ0) is 19.4. The molecular weight excluding hydrogens is 352 g/mol. The van der Waals surface area contributed by atoms with Crippen LogP contribution in [-0.2, 0) is 13.6 Å². The number of nitrogens with zero attached hydrogens (tertiary/aromatic N) is 1. The van der Waals surface area contributed by atoms with E-state index in [2.05, 4.69) is 16.0 Å². The highest BCUT2D eigenvalue weighted by Crippen LogP contribution is 2.25.